The number of carbonyl (C=O) groups excluding carboxylic acids is 16. The number of nitrogens with one attached hydrogen (secondary N) is 20. The molecule has 0 spiro atoms. The fraction of sp³-hybridized carbons (Fsp3) is 0.520. The van der Waals surface area contributed by atoms with E-state index in [0.717, 1.165) is 27.4 Å². The number of benzene rings is 4. The highest BCUT2D eigenvalue weighted by Crippen LogP contribution is 2.26. The average Bonchev–Trinajstić information content (AvgIpc) is 1.69. The number of hydrogen-bond donors (Lipinski definition) is 21. The lowest BCUT2D eigenvalue weighted by atomic mass is 9.97. The predicted molar refractivity (Wildman–Crippen MR) is 522 cm³/mol. The van der Waals surface area contributed by atoms with E-state index in [-0.39, 0.29) is 101 Å². The zero-order chi connectivity index (χ0) is 101. The van der Waals surface area contributed by atoms with Gasteiger partial charge in [0.15, 0.2) is 0 Å². The molecule has 8 aromatic rings. The van der Waals surface area contributed by atoms with Gasteiger partial charge in [0.1, 0.15) is 84.6 Å². The third kappa shape index (κ3) is 32.1. The summed E-state index contributed by atoms with van der Waals surface area (Å²) in [5.74, 6) is -14.5. The zero-order valence-electron chi connectivity index (χ0n) is 81.8. The van der Waals surface area contributed by atoms with Gasteiger partial charge >= 0.3 is 0 Å². The van der Waals surface area contributed by atoms with Gasteiger partial charge in [-0.25, -0.2) is 0 Å². The maximum Gasteiger partial charge on any atom is 0.243 e. The zero-order valence-corrected chi connectivity index (χ0v) is 81.8. The highest BCUT2D eigenvalue weighted by atomic mass is 16.3. The molecule has 4 aromatic heterocycles. The Morgan fingerprint density at radius 1 is 0.285 bits per heavy atom. The quantitative estimate of drug-likeness (QED) is 0.0180. The number of fused-ring (bicyclic) bond motifs is 4. The molecular formula is C100H142N20O17. The van der Waals surface area contributed by atoms with Gasteiger partial charge in [-0.2, -0.15) is 0 Å². The normalized spacial score (nSPS) is 14.7. The summed E-state index contributed by atoms with van der Waals surface area (Å²) in [6.07, 6.45) is 7.33. The standard InChI is InChI=1S/C100H142N20O17/c1-52(2)38-74(110-87(124)60(17)108-82(123)50-106-97(134)83(56(9)10)107-51-122)90(127)109-61(18)88(125)118-85(58(13)14)99(136)120-86(59(15)16)100(137)119-84(57(11)12)98(135)117-81(45-65-49-105-73-35-26-22-31-69(65)73)96(133)113-77(41-55(7)8)93(130)116-80(44-64-48-104-72-34-25-21-30-68(64)72)95(132)112-76(40-54(5)6)92(129)115-79(43-63-47-103-71-33-24-20-29-67(63)71)94(131)111-75(39-53(3)4)91(128)114-78(89(126)101-36-27-37-121)42-62-46-102-70-32-23-19-28-66(62)70/h19-26,28-35,46-49,51-61,74-81,83-86,102-105,121H,27,36-45,50H2,1-18H3,(H,101,126)(H,106,134)(H,107,122)(H,108,123)(H,109,127)(H,110,124)(H,111,131)(H,112,132)(H,113,133)(H,114,128)(H,115,129)(H,116,130)(H,117,135)(H,118,125)(H,119,137)(H,120,136)/t60-,61-,74+,75+,76+,77+,78-,79-,80-,81-,83-,84+,85+,86-/m0/s1. The molecule has 0 aliphatic heterocycles. The van der Waals surface area contributed by atoms with E-state index in [0.29, 0.717) is 44.9 Å². The molecule has 0 fully saturated rings. The monoisotopic (exact) mass is 1900 g/mol. The van der Waals surface area contributed by atoms with Gasteiger partial charge in [-0.1, -0.05) is 184 Å². The molecule has 16 amide bonds. The van der Waals surface area contributed by atoms with Gasteiger partial charge in [-0.3, -0.25) is 76.7 Å². The first-order valence-electron chi connectivity index (χ1n) is 47.5. The van der Waals surface area contributed by atoms with Crippen LogP contribution in [-0.4, -0.2) is 224 Å². The lowest BCUT2D eigenvalue weighted by Gasteiger charge is -2.31. The minimum atomic E-state index is -1.48. The van der Waals surface area contributed by atoms with Gasteiger partial charge < -0.3 is 110 Å². The molecule has 4 heterocycles. The lowest BCUT2D eigenvalue weighted by molar-refractivity contribution is -0.137. The Morgan fingerprint density at radius 2 is 0.540 bits per heavy atom. The van der Waals surface area contributed by atoms with Crippen molar-refractivity contribution >= 4 is 139 Å². The molecular weight excluding hydrogens is 1750 g/mol. The molecule has 137 heavy (non-hydrogen) atoms. The maximum absolute atomic E-state index is 15.6. The number of aromatic amines is 4. The summed E-state index contributed by atoms with van der Waals surface area (Å²) in [4.78, 5) is 242. The number of H-pyrrole nitrogens is 4. The Bertz CT molecular complexity index is 5490. The number of rotatable bonds is 54. The molecule has 0 aliphatic rings. The Kier molecular flexibility index (Phi) is 41.3. The van der Waals surface area contributed by atoms with Crippen molar-refractivity contribution in [2.75, 3.05) is 19.7 Å². The van der Waals surface area contributed by atoms with Crippen molar-refractivity contribution in [1.82, 2.24) is 105 Å². The smallest absolute Gasteiger partial charge is 0.243 e. The van der Waals surface area contributed by atoms with Gasteiger partial charge in [0, 0.05) is 107 Å². The highest BCUT2D eigenvalue weighted by molar-refractivity contribution is 6.02. The second-order valence-electron chi connectivity index (χ2n) is 38.6. The number of aliphatic hydroxyl groups is 1. The van der Waals surface area contributed by atoms with E-state index < -0.39 is 197 Å². The van der Waals surface area contributed by atoms with Gasteiger partial charge in [0.05, 0.1) is 6.54 Å². The van der Waals surface area contributed by atoms with Crippen molar-refractivity contribution in [2.45, 2.75) is 267 Å². The van der Waals surface area contributed by atoms with Crippen LogP contribution in [0.1, 0.15) is 179 Å². The van der Waals surface area contributed by atoms with Crippen LogP contribution < -0.4 is 85.1 Å². The van der Waals surface area contributed by atoms with Crippen LogP contribution in [0.15, 0.2) is 122 Å². The number of carbonyl (C=O) groups is 16. The molecule has 0 radical (unpaired) electrons. The molecule has 0 aliphatic carbocycles. The van der Waals surface area contributed by atoms with Gasteiger partial charge in [0.2, 0.25) is 95.0 Å². The van der Waals surface area contributed by atoms with E-state index in [1.165, 1.54) is 13.8 Å². The van der Waals surface area contributed by atoms with Gasteiger partial charge in [0.25, 0.3) is 0 Å². The largest absolute Gasteiger partial charge is 0.396 e. The summed E-state index contributed by atoms with van der Waals surface area (Å²) >= 11 is 0. The van der Waals surface area contributed by atoms with Crippen molar-refractivity contribution in [3.8, 4) is 0 Å². The summed E-state index contributed by atoms with van der Waals surface area (Å²) in [6.45, 7) is 30.2. The number of hydrogen-bond acceptors (Lipinski definition) is 17. The first-order valence-corrected chi connectivity index (χ1v) is 47.5. The van der Waals surface area contributed by atoms with Crippen molar-refractivity contribution in [3.05, 3.63) is 144 Å². The number of aromatic nitrogens is 4. The fourth-order valence-electron chi connectivity index (χ4n) is 16.4. The van der Waals surface area contributed by atoms with Gasteiger partial charge in [-0.15, -0.1) is 0 Å². The molecule has 0 saturated heterocycles. The number of amides is 16. The summed E-state index contributed by atoms with van der Waals surface area (Å²) in [7, 11) is 0. The second kappa shape index (κ2) is 52.0. The molecule has 21 N–H and O–H groups in total. The van der Waals surface area contributed by atoms with Crippen LogP contribution >= 0.6 is 0 Å². The van der Waals surface area contributed by atoms with E-state index in [4.69, 9.17) is 0 Å². The molecule has 8 rings (SSSR count). The summed E-state index contributed by atoms with van der Waals surface area (Å²) in [6, 6.07) is 11.3. The fourth-order valence-corrected chi connectivity index (χ4v) is 16.4. The predicted octanol–water partition coefficient (Wildman–Crippen LogP) is 4.76. The minimum Gasteiger partial charge on any atom is -0.396 e. The van der Waals surface area contributed by atoms with Crippen molar-refractivity contribution in [3.63, 3.8) is 0 Å². The number of aliphatic hydroxyl groups excluding tert-OH is 1. The van der Waals surface area contributed by atoms with E-state index in [1.54, 1.807) is 100 Å². The maximum atomic E-state index is 15.6. The second-order valence-corrected chi connectivity index (χ2v) is 38.6. The summed E-state index contributed by atoms with van der Waals surface area (Å²) in [5, 5.41) is 56.7. The van der Waals surface area contributed by atoms with E-state index >= 15 is 28.8 Å². The van der Waals surface area contributed by atoms with Crippen LogP contribution in [0.5, 0.6) is 0 Å². The Labute approximate surface area is 799 Å². The van der Waals surface area contributed by atoms with Crippen LogP contribution in [0.25, 0.3) is 43.6 Å². The summed E-state index contributed by atoms with van der Waals surface area (Å²) in [5.41, 5.74) is 5.54. The van der Waals surface area contributed by atoms with Crippen LogP contribution in [0.4, 0.5) is 0 Å². The van der Waals surface area contributed by atoms with Crippen molar-refractivity contribution in [1.29, 1.82) is 0 Å². The van der Waals surface area contributed by atoms with Crippen molar-refractivity contribution < 1.29 is 81.8 Å². The Balaban J connectivity index is 1.00. The molecule has 37 nitrogen and oxygen atoms in total. The first-order chi connectivity index (χ1) is 64.9. The highest BCUT2D eigenvalue weighted by Gasteiger charge is 2.41. The van der Waals surface area contributed by atoms with Crippen LogP contribution in [0.3, 0.4) is 0 Å². The first kappa shape index (κ1) is 109. The van der Waals surface area contributed by atoms with E-state index in [2.05, 4.69) is 105 Å². The van der Waals surface area contributed by atoms with E-state index in [1.807, 2.05) is 133 Å². The molecule has 0 saturated carbocycles. The molecule has 4 aromatic carbocycles. The topological polar surface area (TPSA) is 549 Å². The van der Waals surface area contributed by atoms with Crippen molar-refractivity contribution in [2.24, 2.45) is 47.3 Å². The third-order valence-electron chi connectivity index (χ3n) is 23.8. The average molecular weight is 1900 g/mol. The molecule has 14 atom stereocenters. The SMILES string of the molecule is CC(C)C[C@@H](NC(=O)[C@H](C)NC(=O)CNC(=O)[C@@H](NC=O)C(C)C)C(=O)N[C@@H](C)C(=O)N[C@@H](C(=O)N[C@H](C(=O)N[C@@H](C(=O)N[C@@H](Cc1c[nH]c2ccccc12)C(=O)N[C@H](CC(C)C)C(=O)N[C@@H](Cc1c[nH]c2ccccc12)C(=O)N[C@H](CC(C)C)C(=O)N[C@@H](Cc1c[nH]c2ccccc12)C(=O)N[C@H](CC(C)C)C(=O)N[C@@H](Cc1c[nH]c2ccccc12)C(=O)NCCCO)C(C)C)C(C)C)C(C)C. The summed E-state index contributed by atoms with van der Waals surface area (Å²) < 4.78 is 0. The number of para-hydroxylation sites is 4. The third-order valence-corrected chi connectivity index (χ3v) is 23.8. The van der Waals surface area contributed by atoms with Crippen LogP contribution in [0, 0.1) is 47.3 Å². The lowest BCUT2D eigenvalue weighted by Crippen LogP contribution is -2.62. The van der Waals surface area contributed by atoms with Gasteiger partial charge in [-0.05, 0) is 140 Å². The van der Waals surface area contributed by atoms with E-state index in [9.17, 15) is 53.1 Å². The molecule has 744 valence electrons. The Hall–Kier alpha value is -13.5. The Morgan fingerprint density at radius 3 is 0.847 bits per heavy atom. The van der Waals surface area contributed by atoms with Crippen LogP contribution in [0.2, 0.25) is 0 Å². The molecule has 0 unspecified atom stereocenters. The van der Waals surface area contributed by atoms with Crippen LogP contribution in [-0.2, 0) is 102 Å². The minimum absolute atomic E-state index is 0.0119. The molecule has 37 heteroatoms. The molecule has 0 bridgehead atoms.